The van der Waals surface area contributed by atoms with E-state index < -0.39 is 0 Å². The molecule has 1 N–H and O–H groups in total. The Hall–Kier alpha value is -1.05. The first-order valence-electron chi connectivity index (χ1n) is 2.81. The van der Waals surface area contributed by atoms with Gasteiger partial charge in [0.2, 0.25) is 0 Å². The highest BCUT2D eigenvalue weighted by molar-refractivity contribution is 5.82. The van der Waals surface area contributed by atoms with E-state index in [2.05, 4.69) is 5.16 Å². The molecule has 2 nitrogen and oxygen atoms in total. The molecule has 0 saturated heterocycles. The highest BCUT2D eigenvalue weighted by Gasteiger charge is 1.91. The Morgan fingerprint density at radius 2 is 2.56 bits per heavy atom. The summed E-state index contributed by atoms with van der Waals surface area (Å²) in [4.78, 5) is 0. The van der Waals surface area contributed by atoms with E-state index in [1.807, 2.05) is 24.6 Å². The van der Waals surface area contributed by atoms with Crippen molar-refractivity contribution in [2.24, 2.45) is 5.16 Å². The molecule has 9 heavy (non-hydrogen) atoms. The molecule has 0 spiro atoms. The van der Waals surface area contributed by atoms with Gasteiger partial charge in [-0.25, -0.2) is 0 Å². The average molecular weight is 122 g/mol. The van der Waals surface area contributed by atoms with Crippen LogP contribution in [0.1, 0.15) is 6.42 Å². The summed E-state index contributed by atoms with van der Waals surface area (Å²) in [5.74, 6) is 0. The van der Waals surface area contributed by atoms with Crippen LogP contribution in [0.15, 0.2) is 29.0 Å². The Bertz CT molecular complexity index is 164. The van der Waals surface area contributed by atoms with Crippen molar-refractivity contribution in [1.29, 1.82) is 0 Å². The first kappa shape index (κ1) is 6.08. The van der Waals surface area contributed by atoms with Gasteiger partial charge in [-0.05, 0) is 18.4 Å². The number of hydrogen-bond acceptors (Lipinski definition) is 2. The molecule has 0 fully saturated rings. The third-order valence-corrected chi connectivity index (χ3v) is 1.12. The molecule has 0 bridgehead atoms. The minimum absolute atomic E-state index is 0.928. The fourth-order valence-electron chi connectivity index (χ4n) is 0.692. The van der Waals surface area contributed by atoms with Crippen molar-refractivity contribution in [3.8, 4) is 0 Å². The van der Waals surface area contributed by atoms with Crippen molar-refractivity contribution in [1.82, 2.24) is 0 Å². The first-order chi connectivity index (χ1) is 4.43. The summed E-state index contributed by atoms with van der Waals surface area (Å²) in [5, 5.41) is 11.0. The van der Waals surface area contributed by atoms with Crippen molar-refractivity contribution < 1.29 is 5.21 Å². The molecule has 0 unspecified atom stereocenters. The van der Waals surface area contributed by atoms with Crippen LogP contribution in [-0.4, -0.2) is 11.4 Å². The minimum Gasteiger partial charge on any atom is -0.411 e. The van der Waals surface area contributed by atoms with Crippen LogP contribution in [-0.2, 0) is 0 Å². The maximum Gasteiger partial charge on any atom is 0.0730 e. The number of hydrogen-bond donors (Lipinski definition) is 1. The third-order valence-electron chi connectivity index (χ3n) is 1.12. The maximum atomic E-state index is 8.10. The van der Waals surface area contributed by atoms with Gasteiger partial charge in [0.1, 0.15) is 0 Å². The monoisotopic (exact) mass is 122 g/mol. The summed E-state index contributed by atoms with van der Waals surface area (Å²) in [6.07, 6.45) is 10.2. The van der Waals surface area contributed by atoms with Gasteiger partial charge in [-0.1, -0.05) is 23.4 Å². The van der Waals surface area contributed by atoms with Crippen LogP contribution in [0.3, 0.4) is 0 Å². The summed E-state index contributed by atoms with van der Waals surface area (Å²) in [7, 11) is 0. The van der Waals surface area contributed by atoms with E-state index in [0.717, 1.165) is 12.0 Å². The normalized spacial score (nSPS) is 18.4. The highest BCUT2D eigenvalue weighted by Crippen LogP contribution is 2.05. The maximum absolute atomic E-state index is 8.10. The minimum atomic E-state index is 0.928. The second-order valence-electron chi connectivity index (χ2n) is 1.78. The molecule has 0 aromatic heterocycles. The second-order valence-corrected chi connectivity index (χ2v) is 1.78. The number of oxime groups is 1. The van der Waals surface area contributed by atoms with Crippen molar-refractivity contribution in [2.45, 2.75) is 6.42 Å². The predicted molar refractivity (Wildman–Crippen MR) is 36.4 cm³/mol. The third kappa shape index (κ3) is 1.72. The van der Waals surface area contributed by atoms with Gasteiger partial charge < -0.3 is 5.21 Å². The van der Waals surface area contributed by atoms with Crippen LogP contribution in [0.2, 0.25) is 0 Å². The smallest absolute Gasteiger partial charge is 0.0730 e. The largest absolute Gasteiger partial charge is 0.411 e. The van der Waals surface area contributed by atoms with Gasteiger partial charge >= 0.3 is 0 Å². The molecular formula is C7H8NO. The van der Waals surface area contributed by atoms with Gasteiger partial charge in [0.15, 0.2) is 0 Å². The van der Waals surface area contributed by atoms with E-state index in [4.69, 9.17) is 5.21 Å². The summed E-state index contributed by atoms with van der Waals surface area (Å²) >= 11 is 0. The van der Waals surface area contributed by atoms with Crippen molar-refractivity contribution >= 4 is 6.21 Å². The number of allylic oxidation sites excluding steroid dienone is 4. The van der Waals surface area contributed by atoms with Gasteiger partial charge in [-0.2, -0.15) is 0 Å². The van der Waals surface area contributed by atoms with Crippen LogP contribution >= 0.6 is 0 Å². The molecule has 1 aliphatic carbocycles. The van der Waals surface area contributed by atoms with Crippen LogP contribution in [0, 0.1) is 6.42 Å². The first-order valence-corrected chi connectivity index (χ1v) is 2.81. The van der Waals surface area contributed by atoms with E-state index in [1.54, 1.807) is 0 Å². The molecule has 1 rings (SSSR count). The van der Waals surface area contributed by atoms with Gasteiger partial charge in [0.05, 0.1) is 6.21 Å². The molecular weight excluding hydrogens is 114 g/mol. The second kappa shape index (κ2) is 3.07. The van der Waals surface area contributed by atoms with Crippen LogP contribution in [0.5, 0.6) is 0 Å². The van der Waals surface area contributed by atoms with Crippen molar-refractivity contribution in [2.75, 3.05) is 0 Å². The van der Waals surface area contributed by atoms with Gasteiger partial charge in [0, 0.05) is 0 Å². The fourth-order valence-corrected chi connectivity index (χ4v) is 0.692. The Labute approximate surface area is 54.2 Å². The van der Waals surface area contributed by atoms with E-state index in [-0.39, 0.29) is 0 Å². The van der Waals surface area contributed by atoms with E-state index in [9.17, 15) is 0 Å². The summed E-state index contributed by atoms with van der Waals surface area (Å²) in [6.45, 7) is 0. The molecule has 0 aromatic carbocycles. The lowest BCUT2D eigenvalue weighted by atomic mass is 10.1. The zero-order chi connectivity index (χ0) is 6.53. The Kier molecular flexibility index (Phi) is 2.07. The molecule has 0 amide bonds. The molecule has 0 saturated carbocycles. The average Bonchev–Trinajstić information content (AvgIpc) is 1.91. The number of rotatable bonds is 1. The summed E-state index contributed by atoms with van der Waals surface area (Å²) in [5.41, 5.74) is 0.958. The van der Waals surface area contributed by atoms with E-state index in [0.29, 0.717) is 0 Å². The highest BCUT2D eigenvalue weighted by atomic mass is 16.4. The molecule has 0 aromatic rings. The van der Waals surface area contributed by atoms with Gasteiger partial charge in [0.25, 0.3) is 0 Å². The van der Waals surface area contributed by atoms with Gasteiger partial charge in [-0.3, -0.25) is 0 Å². The van der Waals surface area contributed by atoms with E-state index in [1.165, 1.54) is 6.21 Å². The molecule has 47 valence electrons. The molecule has 1 radical (unpaired) electrons. The summed E-state index contributed by atoms with van der Waals surface area (Å²) in [6, 6.07) is 0. The number of nitrogens with zero attached hydrogens (tertiary/aromatic N) is 1. The fraction of sp³-hybridized carbons (Fsp3) is 0.143. The Morgan fingerprint density at radius 3 is 3.11 bits per heavy atom. The topological polar surface area (TPSA) is 32.6 Å². The van der Waals surface area contributed by atoms with Crippen LogP contribution in [0.4, 0.5) is 0 Å². The Balaban J connectivity index is 2.58. The zero-order valence-corrected chi connectivity index (χ0v) is 4.99. The van der Waals surface area contributed by atoms with Crippen molar-refractivity contribution in [3.63, 3.8) is 0 Å². The van der Waals surface area contributed by atoms with Crippen molar-refractivity contribution in [3.05, 3.63) is 30.2 Å². The standard InChI is InChI=1S/C7H8NO/c9-8-6-7-4-2-1-3-5-7/h1-2,4-6,9H,3H2. The van der Waals surface area contributed by atoms with Crippen LogP contribution in [0.25, 0.3) is 0 Å². The molecule has 2 heteroatoms. The van der Waals surface area contributed by atoms with Crippen LogP contribution < -0.4 is 0 Å². The lowest BCUT2D eigenvalue weighted by molar-refractivity contribution is 0.322. The molecule has 0 atom stereocenters. The summed E-state index contributed by atoms with van der Waals surface area (Å²) < 4.78 is 0. The quantitative estimate of drug-likeness (QED) is 0.319. The predicted octanol–water partition coefficient (Wildman–Crippen LogP) is 1.54. The molecule has 0 aliphatic heterocycles. The zero-order valence-electron chi connectivity index (χ0n) is 4.99. The lowest BCUT2D eigenvalue weighted by Crippen LogP contribution is -1.85. The molecule has 0 heterocycles. The van der Waals surface area contributed by atoms with E-state index >= 15 is 0 Å². The SMILES string of the molecule is ON=CC1=CC[CH]C=C1. The Morgan fingerprint density at radius 1 is 1.67 bits per heavy atom. The molecule has 1 aliphatic rings. The van der Waals surface area contributed by atoms with Gasteiger partial charge in [-0.15, -0.1) is 0 Å². The lowest BCUT2D eigenvalue weighted by Gasteiger charge is -1.97.